The van der Waals surface area contributed by atoms with Crippen molar-refractivity contribution >= 4 is 5.91 Å². The molecule has 0 radical (unpaired) electrons. The third kappa shape index (κ3) is 5.13. The van der Waals surface area contributed by atoms with Crippen molar-refractivity contribution in [1.82, 2.24) is 5.32 Å². The summed E-state index contributed by atoms with van der Waals surface area (Å²) >= 11 is 0. The summed E-state index contributed by atoms with van der Waals surface area (Å²) < 4.78 is 0. The Morgan fingerprint density at radius 2 is 1.63 bits per heavy atom. The van der Waals surface area contributed by atoms with E-state index in [1.165, 1.54) is 51.4 Å². The van der Waals surface area contributed by atoms with E-state index >= 15 is 0 Å². The minimum Gasteiger partial charge on any atom is -0.356 e. The third-order valence-corrected chi connectivity index (χ3v) is 4.98. The van der Waals surface area contributed by atoms with Crippen LogP contribution in [0.2, 0.25) is 0 Å². The Morgan fingerprint density at radius 1 is 0.947 bits per heavy atom. The molecule has 0 saturated heterocycles. The standard InChI is InChI=1S/C16H30N2O/c17-15-10-6-9-14(15)11-16(19)18-12-13-7-4-2-1-3-5-8-13/h13-15H,1-12,17H2,(H,18,19)/t14-,15+/m0/s1. The Kier molecular flexibility index (Phi) is 6.15. The van der Waals surface area contributed by atoms with Gasteiger partial charge in [0, 0.05) is 19.0 Å². The van der Waals surface area contributed by atoms with E-state index in [-0.39, 0.29) is 11.9 Å². The predicted octanol–water partition coefficient (Wildman–Crippen LogP) is 2.98. The molecular weight excluding hydrogens is 236 g/mol. The zero-order valence-corrected chi connectivity index (χ0v) is 12.2. The molecule has 0 aromatic rings. The van der Waals surface area contributed by atoms with Crippen LogP contribution in [0.25, 0.3) is 0 Å². The normalized spacial score (nSPS) is 29.7. The number of nitrogens with two attached hydrogens (primary N) is 1. The van der Waals surface area contributed by atoms with Crippen LogP contribution in [0.15, 0.2) is 0 Å². The molecule has 0 aliphatic heterocycles. The molecule has 0 bridgehead atoms. The lowest BCUT2D eigenvalue weighted by Gasteiger charge is -2.21. The van der Waals surface area contributed by atoms with Gasteiger partial charge in [0.1, 0.15) is 0 Å². The van der Waals surface area contributed by atoms with Gasteiger partial charge in [-0.1, -0.05) is 38.5 Å². The molecule has 0 aromatic carbocycles. The van der Waals surface area contributed by atoms with Crippen molar-refractivity contribution in [3.8, 4) is 0 Å². The van der Waals surface area contributed by atoms with Gasteiger partial charge in [0.05, 0.1) is 0 Å². The summed E-state index contributed by atoms with van der Waals surface area (Å²) in [6, 6.07) is 0.257. The van der Waals surface area contributed by atoms with Crippen molar-refractivity contribution < 1.29 is 4.79 Å². The summed E-state index contributed by atoms with van der Waals surface area (Å²) in [4.78, 5) is 12.0. The first-order valence-corrected chi connectivity index (χ1v) is 8.28. The van der Waals surface area contributed by atoms with E-state index in [2.05, 4.69) is 5.32 Å². The second-order valence-corrected chi connectivity index (χ2v) is 6.57. The molecule has 19 heavy (non-hydrogen) atoms. The smallest absolute Gasteiger partial charge is 0.220 e. The van der Waals surface area contributed by atoms with E-state index in [1.807, 2.05) is 0 Å². The van der Waals surface area contributed by atoms with Crippen LogP contribution < -0.4 is 11.1 Å². The average molecular weight is 266 g/mol. The maximum Gasteiger partial charge on any atom is 0.220 e. The van der Waals surface area contributed by atoms with Crippen LogP contribution in [0.5, 0.6) is 0 Å². The van der Waals surface area contributed by atoms with Gasteiger partial charge in [-0.15, -0.1) is 0 Å². The number of rotatable bonds is 4. The van der Waals surface area contributed by atoms with Crippen molar-refractivity contribution in [3.05, 3.63) is 0 Å². The molecule has 3 heteroatoms. The molecule has 110 valence electrons. The van der Waals surface area contributed by atoms with E-state index in [0.29, 0.717) is 18.3 Å². The number of hydrogen-bond donors (Lipinski definition) is 2. The highest BCUT2D eigenvalue weighted by Gasteiger charge is 2.26. The molecule has 0 spiro atoms. The van der Waals surface area contributed by atoms with E-state index in [1.54, 1.807) is 0 Å². The van der Waals surface area contributed by atoms with Gasteiger partial charge in [-0.25, -0.2) is 0 Å². The molecule has 2 saturated carbocycles. The molecule has 3 N–H and O–H groups in total. The molecule has 2 atom stereocenters. The van der Waals surface area contributed by atoms with Gasteiger partial charge in [-0.05, 0) is 37.5 Å². The van der Waals surface area contributed by atoms with Crippen molar-refractivity contribution in [2.75, 3.05) is 6.54 Å². The highest BCUT2D eigenvalue weighted by molar-refractivity contribution is 5.76. The summed E-state index contributed by atoms with van der Waals surface area (Å²) in [5, 5.41) is 3.15. The molecule has 3 nitrogen and oxygen atoms in total. The minimum atomic E-state index is 0.226. The predicted molar refractivity (Wildman–Crippen MR) is 78.8 cm³/mol. The first kappa shape index (κ1) is 14.8. The fraction of sp³-hybridized carbons (Fsp3) is 0.938. The largest absolute Gasteiger partial charge is 0.356 e. The average Bonchev–Trinajstić information content (AvgIpc) is 2.73. The van der Waals surface area contributed by atoms with Crippen LogP contribution in [-0.2, 0) is 4.79 Å². The number of nitrogens with one attached hydrogen (secondary N) is 1. The Balaban J connectivity index is 1.64. The van der Waals surface area contributed by atoms with Gasteiger partial charge in [-0.2, -0.15) is 0 Å². The zero-order valence-electron chi connectivity index (χ0n) is 12.2. The maximum atomic E-state index is 12.0. The van der Waals surface area contributed by atoms with Crippen LogP contribution in [0.3, 0.4) is 0 Å². The van der Waals surface area contributed by atoms with Gasteiger partial charge >= 0.3 is 0 Å². The summed E-state index contributed by atoms with van der Waals surface area (Å²) in [6.45, 7) is 0.890. The Morgan fingerprint density at radius 3 is 2.26 bits per heavy atom. The molecule has 0 aromatic heterocycles. The van der Waals surface area contributed by atoms with Crippen molar-refractivity contribution in [1.29, 1.82) is 0 Å². The topological polar surface area (TPSA) is 55.1 Å². The van der Waals surface area contributed by atoms with Crippen LogP contribution in [-0.4, -0.2) is 18.5 Å². The van der Waals surface area contributed by atoms with Gasteiger partial charge < -0.3 is 11.1 Å². The number of amides is 1. The highest BCUT2D eigenvalue weighted by atomic mass is 16.1. The molecule has 0 unspecified atom stereocenters. The summed E-state index contributed by atoms with van der Waals surface area (Å²) in [7, 11) is 0. The first-order valence-electron chi connectivity index (χ1n) is 8.28. The monoisotopic (exact) mass is 266 g/mol. The van der Waals surface area contributed by atoms with Gasteiger partial charge in [0.25, 0.3) is 0 Å². The van der Waals surface area contributed by atoms with Gasteiger partial charge in [0.15, 0.2) is 0 Å². The molecule has 2 aliphatic carbocycles. The molecule has 0 heterocycles. The molecule has 2 fully saturated rings. The molecule has 1 amide bonds. The lowest BCUT2D eigenvalue weighted by atomic mass is 9.91. The van der Waals surface area contributed by atoms with Crippen molar-refractivity contribution in [2.24, 2.45) is 17.6 Å². The van der Waals surface area contributed by atoms with Gasteiger partial charge in [-0.3, -0.25) is 4.79 Å². The second-order valence-electron chi connectivity index (χ2n) is 6.57. The van der Waals surface area contributed by atoms with Crippen LogP contribution >= 0.6 is 0 Å². The fourth-order valence-electron chi connectivity index (χ4n) is 3.63. The van der Waals surface area contributed by atoms with Gasteiger partial charge in [0.2, 0.25) is 5.91 Å². The summed E-state index contributed by atoms with van der Waals surface area (Å²) in [5.74, 6) is 1.36. The zero-order chi connectivity index (χ0) is 13.5. The second kappa shape index (κ2) is 7.88. The minimum absolute atomic E-state index is 0.226. The lowest BCUT2D eigenvalue weighted by molar-refractivity contribution is -0.122. The van der Waals surface area contributed by atoms with Crippen LogP contribution in [0.4, 0.5) is 0 Å². The summed E-state index contributed by atoms with van der Waals surface area (Å²) in [6.07, 6.45) is 13.5. The van der Waals surface area contributed by atoms with Crippen molar-refractivity contribution in [2.45, 2.75) is 76.7 Å². The van der Waals surface area contributed by atoms with E-state index < -0.39 is 0 Å². The third-order valence-electron chi connectivity index (χ3n) is 4.98. The first-order chi connectivity index (χ1) is 9.25. The fourth-order valence-corrected chi connectivity index (χ4v) is 3.63. The van der Waals surface area contributed by atoms with E-state index in [0.717, 1.165) is 19.4 Å². The number of carbonyl (C=O) groups is 1. The Bertz CT molecular complexity index is 272. The van der Waals surface area contributed by atoms with Crippen LogP contribution in [0.1, 0.15) is 70.6 Å². The lowest BCUT2D eigenvalue weighted by Crippen LogP contribution is -2.34. The SMILES string of the molecule is N[C@@H]1CCC[C@H]1CC(=O)NCC1CCCCCCC1. The van der Waals surface area contributed by atoms with E-state index in [4.69, 9.17) is 5.73 Å². The molecule has 2 aliphatic rings. The quantitative estimate of drug-likeness (QED) is 0.822. The van der Waals surface area contributed by atoms with E-state index in [9.17, 15) is 4.79 Å². The van der Waals surface area contributed by atoms with Crippen LogP contribution in [0, 0.1) is 11.8 Å². The summed E-state index contributed by atoms with van der Waals surface area (Å²) in [5.41, 5.74) is 6.02. The van der Waals surface area contributed by atoms with Crippen molar-refractivity contribution in [3.63, 3.8) is 0 Å². The molecular formula is C16H30N2O. The Hall–Kier alpha value is -0.570. The Labute approximate surface area is 117 Å². The number of carbonyl (C=O) groups excluding carboxylic acids is 1. The highest BCUT2D eigenvalue weighted by Crippen LogP contribution is 2.27. The maximum absolute atomic E-state index is 12.0. The number of hydrogen-bond acceptors (Lipinski definition) is 2. The molecule has 2 rings (SSSR count).